The van der Waals surface area contributed by atoms with Gasteiger partial charge in [0.15, 0.2) is 5.58 Å². The second-order valence-electron chi connectivity index (χ2n) is 5.41. The van der Waals surface area contributed by atoms with Crippen LogP contribution in [0.4, 0.5) is 5.69 Å². The summed E-state index contributed by atoms with van der Waals surface area (Å²) < 4.78 is 16.1. The second-order valence-corrected chi connectivity index (χ2v) is 7.14. The molecule has 0 bridgehead atoms. The minimum absolute atomic E-state index is 0.207. The number of thioether (sulfide) groups is 1. The molecule has 3 aromatic rings. The summed E-state index contributed by atoms with van der Waals surface area (Å²) in [6, 6.07) is 10.4. The summed E-state index contributed by atoms with van der Waals surface area (Å²) in [6.45, 7) is 1.77. The fourth-order valence-corrected chi connectivity index (χ4v) is 3.20. The van der Waals surface area contributed by atoms with Gasteiger partial charge in [-0.05, 0) is 37.3 Å². The number of methoxy groups -OCH3 is 2. The van der Waals surface area contributed by atoms with Gasteiger partial charge < -0.3 is 19.2 Å². The van der Waals surface area contributed by atoms with Crippen molar-refractivity contribution in [1.29, 1.82) is 0 Å². The van der Waals surface area contributed by atoms with Gasteiger partial charge in [0.05, 0.1) is 25.2 Å². The predicted octanol–water partition coefficient (Wildman–Crippen LogP) is 4.62. The zero-order valence-corrected chi connectivity index (χ0v) is 16.0. The molecule has 0 fully saturated rings. The average Bonchev–Trinajstić information content (AvgIpc) is 3.02. The SMILES string of the molecule is COc1ccc(OC)c(NC(=O)C(C)Sc2nc3cc(Cl)ccc3o2)c1. The summed E-state index contributed by atoms with van der Waals surface area (Å²) in [5, 5.41) is 3.39. The van der Waals surface area contributed by atoms with Crippen molar-refractivity contribution >= 4 is 46.1 Å². The summed E-state index contributed by atoms with van der Waals surface area (Å²) in [5.74, 6) is 0.965. The van der Waals surface area contributed by atoms with Crippen LogP contribution in [0.5, 0.6) is 11.5 Å². The number of nitrogens with zero attached hydrogens (tertiary/aromatic N) is 1. The van der Waals surface area contributed by atoms with Crippen molar-refractivity contribution in [1.82, 2.24) is 4.98 Å². The van der Waals surface area contributed by atoms with Gasteiger partial charge in [-0.25, -0.2) is 4.98 Å². The molecule has 3 rings (SSSR count). The Hall–Kier alpha value is -2.38. The highest BCUT2D eigenvalue weighted by molar-refractivity contribution is 8.00. The molecule has 1 heterocycles. The third-order valence-electron chi connectivity index (χ3n) is 3.64. The Kier molecular flexibility index (Phi) is 5.58. The van der Waals surface area contributed by atoms with Gasteiger partial charge in [-0.15, -0.1) is 0 Å². The molecule has 0 saturated carbocycles. The molecule has 0 radical (unpaired) electrons. The maximum atomic E-state index is 12.5. The Morgan fingerprint density at radius 3 is 2.77 bits per heavy atom. The smallest absolute Gasteiger partial charge is 0.257 e. The van der Waals surface area contributed by atoms with Gasteiger partial charge in [-0.2, -0.15) is 0 Å². The normalized spacial score (nSPS) is 12.0. The zero-order chi connectivity index (χ0) is 18.7. The molecule has 1 aromatic heterocycles. The lowest BCUT2D eigenvalue weighted by Gasteiger charge is -2.14. The number of carbonyl (C=O) groups excluding carboxylic acids is 1. The topological polar surface area (TPSA) is 73.6 Å². The fraction of sp³-hybridized carbons (Fsp3) is 0.222. The van der Waals surface area contributed by atoms with E-state index in [0.717, 1.165) is 0 Å². The number of nitrogens with one attached hydrogen (secondary N) is 1. The molecule has 1 amide bonds. The number of amides is 1. The van der Waals surface area contributed by atoms with Crippen LogP contribution in [0.15, 0.2) is 46.0 Å². The molecule has 1 atom stereocenters. The number of rotatable bonds is 6. The lowest BCUT2D eigenvalue weighted by molar-refractivity contribution is -0.115. The molecular weight excluding hydrogens is 376 g/mol. The lowest BCUT2D eigenvalue weighted by atomic mass is 10.2. The van der Waals surface area contributed by atoms with Gasteiger partial charge in [-0.3, -0.25) is 4.79 Å². The Balaban J connectivity index is 1.73. The van der Waals surface area contributed by atoms with Crippen LogP contribution < -0.4 is 14.8 Å². The van der Waals surface area contributed by atoms with E-state index in [4.69, 9.17) is 25.5 Å². The number of benzene rings is 2. The van der Waals surface area contributed by atoms with Crippen molar-refractivity contribution in [2.45, 2.75) is 17.4 Å². The van der Waals surface area contributed by atoms with Gasteiger partial charge in [0.2, 0.25) is 5.91 Å². The van der Waals surface area contributed by atoms with Crippen LogP contribution in [-0.2, 0) is 4.79 Å². The Labute approximate surface area is 159 Å². The van der Waals surface area contributed by atoms with E-state index in [2.05, 4.69) is 10.3 Å². The minimum Gasteiger partial charge on any atom is -0.497 e. The summed E-state index contributed by atoms with van der Waals surface area (Å²) in [5.41, 5.74) is 1.81. The number of hydrogen-bond acceptors (Lipinski definition) is 6. The number of hydrogen-bond donors (Lipinski definition) is 1. The highest BCUT2D eigenvalue weighted by Gasteiger charge is 2.20. The van der Waals surface area contributed by atoms with E-state index in [-0.39, 0.29) is 5.91 Å². The molecule has 0 saturated heterocycles. The van der Waals surface area contributed by atoms with E-state index in [9.17, 15) is 4.79 Å². The van der Waals surface area contributed by atoms with Crippen molar-refractivity contribution in [2.24, 2.45) is 0 Å². The molecule has 0 aliphatic rings. The number of fused-ring (bicyclic) bond motifs is 1. The standard InChI is InChI=1S/C18H17ClN2O4S/c1-10(26-18-21-13-8-11(19)4-6-16(13)25-18)17(22)20-14-9-12(23-2)5-7-15(14)24-3/h4-10H,1-3H3,(H,20,22). The molecule has 0 aliphatic heterocycles. The van der Waals surface area contributed by atoms with Crippen LogP contribution in [0, 0.1) is 0 Å². The fourth-order valence-electron chi connectivity index (χ4n) is 2.28. The molecule has 1 N–H and O–H groups in total. The maximum absolute atomic E-state index is 12.5. The molecule has 2 aromatic carbocycles. The Morgan fingerprint density at radius 2 is 2.04 bits per heavy atom. The average molecular weight is 393 g/mol. The van der Waals surface area contributed by atoms with Gasteiger partial charge in [-0.1, -0.05) is 23.4 Å². The van der Waals surface area contributed by atoms with Crippen LogP contribution in [0.3, 0.4) is 0 Å². The molecule has 8 heteroatoms. The Morgan fingerprint density at radius 1 is 1.23 bits per heavy atom. The van der Waals surface area contributed by atoms with E-state index in [0.29, 0.717) is 38.5 Å². The zero-order valence-electron chi connectivity index (χ0n) is 14.4. The van der Waals surface area contributed by atoms with Crippen LogP contribution in [0.1, 0.15) is 6.92 Å². The highest BCUT2D eigenvalue weighted by atomic mass is 35.5. The number of oxazole rings is 1. The first-order chi connectivity index (χ1) is 12.5. The predicted molar refractivity (Wildman–Crippen MR) is 103 cm³/mol. The van der Waals surface area contributed by atoms with E-state index in [1.807, 2.05) is 0 Å². The third-order valence-corrected chi connectivity index (χ3v) is 4.82. The number of anilines is 1. The van der Waals surface area contributed by atoms with E-state index >= 15 is 0 Å². The lowest BCUT2D eigenvalue weighted by Crippen LogP contribution is -2.22. The molecular formula is C18H17ClN2O4S. The largest absolute Gasteiger partial charge is 0.497 e. The molecule has 0 spiro atoms. The van der Waals surface area contributed by atoms with Crippen LogP contribution in [0.2, 0.25) is 5.02 Å². The van der Waals surface area contributed by atoms with Crippen LogP contribution >= 0.6 is 23.4 Å². The highest BCUT2D eigenvalue weighted by Crippen LogP contribution is 2.31. The molecule has 26 heavy (non-hydrogen) atoms. The summed E-state index contributed by atoms with van der Waals surface area (Å²) in [4.78, 5) is 16.9. The first-order valence-corrected chi connectivity index (χ1v) is 9.01. The summed E-state index contributed by atoms with van der Waals surface area (Å²) >= 11 is 7.17. The van der Waals surface area contributed by atoms with Crippen molar-refractivity contribution in [3.63, 3.8) is 0 Å². The first-order valence-electron chi connectivity index (χ1n) is 7.76. The second kappa shape index (κ2) is 7.88. The van der Waals surface area contributed by atoms with E-state index < -0.39 is 5.25 Å². The number of aromatic nitrogens is 1. The molecule has 0 aliphatic carbocycles. The maximum Gasteiger partial charge on any atom is 0.257 e. The van der Waals surface area contributed by atoms with Crippen molar-refractivity contribution < 1.29 is 18.7 Å². The Bertz CT molecular complexity index is 944. The number of halogens is 1. The van der Waals surface area contributed by atoms with Crippen molar-refractivity contribution in [3.8, 4) is 11.5 Å². The van der Waals surface area contributed by atoms with Gasteiger partial charge >= 0.3 is 0 Å². The minimum atomic E-state index is -0.436. The molecule has 136 valence electrons. The number of carbonyl (C=O) groups is 1. The van der Waals surface area contributed by atoms with Gasteiger partial charge in [0, 0.05) is 11.1 Å². The van der Waals surface area contributed by atoms with Gasteiger partial charge in [0.1, 0.15) is 17.0 Å². The monoisotopic (exact) mass is 392 g/mol. The van der Waals surface area contributed by atoms with Gasteiger partial charge in [0.25, 0.3) is 5.22 Å². The molecule has 1 unspecified atom stereocenters. The van der Waals surface area contributed by atoms with Crippen molar-refractivity contribution in [3.05, 3.63) is 41.4 Å². The van der Waals surface area contributed by atoms with Crippen molar-refractivity contribution in [2.75, 3.05) is 19.5 Å². The quantitative estimate of drug-likeness (QED) is 0.617. The number of ether oxygens (including phenoxy) is 2. The van der Waals surface area contributed by atoms with Crippen LogP contribution in [0.25, 0.3) is 11.1 Å². The van der Waals surface area contributed by atoms with E-state index in [1.165, 1.54) is 11.8 Å². The van der Waals surface area contributed by atoms with E-state index in [1.54, 1.807) is 57.5 Å². The molecule has 6 nitrogen and oxygen atoms in total. The first kappa shape index (κ1) is 18.4. The summed E-state index contributed by atoms with van der Waals surface area (Å²) in [6.07, 6.45) is 0. The van der Waals surface area contributed by atoms with Crippen LogP contribution in [-0.4, -0.2) is 30.4 Å². The summed E-state index contributed by atoms with van der Waals surface area (Å²) in [7, 11) is 3.10. The third kappa shape index (κ3) is 4.05.